The molecule has 2 fully saturated rings. The Morgan fingerprint density at radius 3 is 2.82 bits per heavy atom. The largest absolute Gasteiger partial charge is 0.389 e. The van der Waals surface area contributed by atoms with E-state index in [-0.39, 0.29) is 6.42 Å². The van der Waals surface area contributed by atoms with Crippen LogP contribution in [0.15, 0.2) is 12.3 Å². The van der Waals surface area contributed by atoms with Crippen LogP contribution in [0.5, 0.6) is 0 Å². The van der Waals surface area contributed by atoms with E-state index in [9.17, 15) is 13.2 Å². The molecular weight excluding hydrogens is 293 g/mol. The summed E-state index contributed by atoms with van der Waals surface area (Å²) in [5.74, 6) is 0.577. The van der Waals surface area contributed by atoms with Crippen molar-refractivity contribution in [2.75, 3.05) is 31.1 Å². The highest BCUT2D eigenvalue weighted by molar-refractivity contribution is 5.31. The summed E-state index contributed by atoms with van der Waals surface area (Å²) in [6.07, 6.45) is -0.0203. The number of anilines is 1. The van der Waals surface area contributed by atoms with Crippen LogP contribution in [-0.2, 0) is 6.42 Å². The normalized spacial score (nSPS) is 23.4. The van der Waals surface area contributed by atoms with E-state index in [1.165, 1.54) is 12.8 Å². The van der Waals surface area contributed by atoms with Gasteiger partial charge in [0.05, 0.1) is 0 Å². The number of aromatic nitrogens is 2. The molecule has 2 saturated heterocycles. The number of rotatable bonds is 3. The third-order valence-corrected chi connectivity index (χ3v) is 4.45. The second-order valence-corrected chi connectivity index (χ2v) is 6.09. The molecule has 22 heavy (non-hydrogen) atoms. The van der Waals surface area contributed by atoms with Crippen molar-refractivity contribution in [3.63, 3.8) is 0 Å². The maximum absolute atomic E-state index is 12.3. The Morgan fingerprint density at radius 1 is 1.18 bits per heavy atom. The van der Waals surface area contributed by atoms with E-state index in [0.29, 0.717) is 17.7 Å². The average Bonchev–Trinajstić information content (AvgIpc) is 2.82. The number of fused-ring (bicyclic) bond motifs is 1. The van der Waals surface area contributed by atoms with Gasteiger partial charge in [-0.15, -0.1) is 0 Å². The predicted molar refractivity (Wildman–Crippen MR) is 77.8 cm³/mol. The lowest BCUT2D eigenvalue weighted by Gasteiger charge is -2.25. The Kier molecular flexibility index (Phi) is 4.52. The quantitative estimate of drug-likeness (QED) is 0.858. The molecule has 1 aromatic rings. The standard InChI is InChI=1S/C15H21F3N4/c16-15(17,18)6-4-12-5-7-19-14(20-12)22-10-2-9-21-8-1-3-13(21)11-22/h5,7,13H,1-4,6,8-11H2/t13-/m0/s1. The van der Waals surface area contributed by atoms with Gasteiger partial charge in [-0.3, -0.25) is 4.90 Å². The molecular formula is C15H21F3N4. The average molecular weight is 314 g/mol. The Bertz CT molecular complexity index is 506. The number of alkyl halides is 3. The fourth-order valence-electron chi connectivity index (χ4n) is 3.33. The first-order chi connectivity index (χ1) is 10.5. The van der Waals surface area contributed by atoms with Crippen LogP contribution in [0.1, 0.15) is 31.4 Å². The molecule has 1 aromatic heterocycles. The minimum atomic E-state index is -4.14. The third-order valence-electron chi connectivity index (χ3n) is 4.45. The van der Waals surface area contributed by atoms with E-state index in [4.69, 9.17) is 0 Å². The van der Waals surface area contributed by atoms with Crippen molar-refractivity contribution in [3.05, 3.63) is 18.0 Å². The number of nitrogens with zero attached hydrogens (tertiary/aromatic N) is 4. The molecule has 0 bridgehead atoms. The first-order valence-electron chi connectivity index (χ1n) is 7.89. The molecule has 0 unspecified atom stereocenters. The van der Waals surface area contributed by atoms with Gasteiger partial charge in [-0.1, -0.05) is 0 Å². The highest BCUT2D eigenvalue weighted by Gasteiger charge is 2.30. The van der Waals surface area contributed by atoms with E-state index >= 15 is 0 Å². The SMILES string of the molecule is FC(F)(F)CCc1ccnc(N2CCCN3CCC[C@H]3C2)n1. The molecule has 2 aliphatic rings. The van der Waals surface area contributed by atoms with Crippen molar-refractivity contribution in [3.8, 4) is 0 Å². The zero-order valence-corrected chi connectivity index (χ0v) is 12.5. The fourth-order valence-corrected chi connectivity index (χ4v) is 3.33. The maximum atomic E-state index is 12.3. The summed E-state index contributed by atoms with van der Waals surface area (Å²) in [5.41, 5.74) is 0.467. The Labute approximate surface area is 128 Å². The first-order valence-corrected chi connectivity index (χ1v) is 7.89. The Morgan fingerprint density at radius 2 is 2.00 bits per heavy atom. The second kappa shape index (κ2) is 6.40. The fraction of sp³-hybridized carbons (Fsp3) is 0.733. The van der Waals surface area contributed by atoms with Gasteiger partial charge >= 0.3 is 6.18 Å². The van der Waals surface area contributed by atoms with Crippen molar-refractivity contribution in [2.24, 2.45) is 0 Å². The lowest BCUT2D eigenvalue weighted by atomic mass is 10.2. The van der Waals surface area contributed by atoms with Crippen molar-refractivity contribution in [1.82, 2.24) is 14.9 Å². The van der Waals surface area contributed by atoms with Gasteiger partial charge < -0.3 is 4.90 Å². The molecule has 0 saturated carbocycles. The van der Waals surface area contributed by atoms with Gasteiger partial charge in [0.2, 0.25) is 5.95 Å². The van der Waals surface area contributed by atoms with E-state index in [2.05, 4.69) is 19.8 Å². The van der Waals surface area contributed by atoms with Gasteiger partial charge in [0, 0.05) is 44.0 Å². The maximum Gasteiger partial charge on any atom is 0.389 e. The topological polar surface area (TPSA) is 32.3 Å². The minimum absolute atomic E-state index is 0.0809. The highest BCUT2D eigenvalue weighted by atomic mass is 19.4. The summed E-state index contributed by atoms with van der Waals surface area (Å²) in [6, 6.07) is 2.11. The summed E-state index contributed by atoms with van der Waals surface area (Å²) < 4.78 is 37.0. The van der Waals surface area contributed by atoms with Crippen LogP contribution < -0.4 is 4.90 Å². The zero-order valence-electron chi connectivity index (χ0n) is 12.5. The van der Waals surface area contributed by atoms with Crippen molar-refractivity contribution in [1.29, 1.82) is 0 Å². The van der Waals surface area contributed by atoms with Crippen LogP contribution >= 0.6 is 0 Å². The number of halogens is 3. The molecule has 0 aliphatic carbocycles. The minimum Gasteiger partial charge on any atom is -0.339 e. The van der Waals surface area contributed by atoms with Gasteiger partial charge in [0.1, 0.15) is 0 Å². The summed E-state index contributed by atoms with van der Waals surface area (Å²) in [4.78, 5) is 13.3. The van der Waals surface area contributed by atoms with Gasteiger partial charge in [-0.05, 0) is 38.3 Å². The second-order valence-electron chi connectivity index (χ2n) is 6.09. The zero-order chi connectivity index (χ0) is 15.6. The van der Waals surface area contributed by atoms with Crippen LogP contribution in [0.2, 0.25) is 0 Å². The lowest BCUT2D eigenvalue weighted by Crippen LogP contribution is -2.37. The smallest absolute Gasteiger partial charge is 0.339 e. The number of hydrogen-bond donors (Lipinski definition) is 0. The Balaban J connectivity index is 1.68. The summed E-state index contributed by atoms with van der Waals surface area (Å²) >= 11 is 0. The van der Waals surface area contributed by atoms with E-state index in [1.54, 1.807) is 12.3 Å². The summed E-state index contributed by atoms with van der Waals surface area (Å²) in [7, 11) is 0. The molecule has 4 nitrogen and oxygen atoms in total. The highest BCUT2D eigenvalue weighted by Crippen LogP contribution is 2.24. The van der Waals surface area contributed by atoms with E-state index in [0.717, 1.165) is 32.6 Å². The first kappa shape index (κ1) is 15.5. The van der Waals surface area contributed by atoms with Gasteiger partial charge in [0.15, 0.2) is 0 Å². The third kappa shape index (κ3) is 3.88. The molecule has 3 heterocycles. The Hall–Kier alpha value is -1.37. The van der Waals surface area contributed by atoms with Crippen LogP contribution in [0.25, 0.3) is 0 Å². The van der Waals surface area contributed by atoms with Crippen LogP contribution in [0.3, 0.4) is 0 Å². The number of hydrogen-bond acceptors (Lipinski definition) is 4. The summed E-state index contributed by atoms with van der Waals surface area (Å²) in [6.45, 7) is 4.00. The van der Waals surface area contributed by atoms with Crippen LogP contribution in [0, 0.1) is 0 Å². The van der Waals surface area contributed by atoms with Crippen molar-refractivity contribution < 1.29 is 13.2 Å². The van der Waals surface area contributed by atoms with Gasteiger partial charge in [-0.2, -0.15) is 13.2 Å². The van der Waals surface area contributed by atoms with Crippen LogP contribution in [-0.4, -0.2) is 53.3 Å². The summed E-state index contributed by atoms with van der Waals surface area (Å²) in [5, 5.41) is 0. The molecule has 0 N–H and O–H groups in total. The lowest BCUT2D eigenvalue weighted by molar-refractivity contribution is -0.134. The monoisotopic (exact) mass is 314 g/mol. The molecule has 2 aliphatic heterocycles. The van der Waals surface area contributed by atoms with E-state index < -0.39 is 12.6 Å². The predicted octanol–water partition coefficient (Wildman–Crippen LogP) is 2.65. The number of aryl methyl sites for hydroxylation is 1. The molecule has 3 rings (SSSR count). The van der Waals surface area contributed by atoms with Crippen molar-refractivity contribution in [2.45, 2.75) is 44.3 Å². The van der Waals surface area contributed by atoms with E-state index in [1.807, 2.05) is 0 Å². The van der Waals surface area contributed by atoms with Crippen molar-refractivity contribution >= 4 is 5.95 Å². The molecule has 0 aromatic carbocycles. The molecule has 1 atom stereocenters. The molecule has 122 valence electrons. The molecule has 0 spiro atoms. The van der Waals surface area contributed by atoms with Crippen LogP contribution in [0.4, 0.5) is 19.1 Å². The van der Waals surface area contributed by atoms with Gasteiger partial charge in [0.25, 0.3) is 0 Å². The molecule has 7 heteroatoms. The molecule has 0 amide bonds. The van der Waals surface area contributed by atoms with Gasteiger partial charge in [-0.25, -0.2) is 9.97 Å². The molecule has 0 radical (unpaired) electrons.